The van der Waals surface area contributed by atoms with Gasteiger partial charge in [-0.15, -0.1) is 0 Å². The van der Waals surface area contributed by atoms with Crippen molar-refractivity contribution in [3.05, 3.63) is 48.5 Å². The molecule has 10 heteroatoms. The van der Waals surface area contributed by atoms with Gasteiger partial charge in [0.05, 0.1) is 4.90 Å². The third-order valence-electron chi connectivity index (χ3n) is 4.73. The zero-order valence-corrected chi connectivity index (χ0v) is 18.8. The molecule has 0 aliphatic carbocycles. The van der Waals surface area contributed by atoms with Crippen LogP contribution >= 0.6 is 0 Å². The molecule has 3 rings (SSSR count). The molecule has 32 heavy (non-hydrogen) atoms. The molecule has 0 unspecified atom stereocenters. The van der Waals surface area contributed by atoms with Gasteiger partial charge in [-0.2, -0.15) is 4.72 Å². The van der Waals surface area contributed by atoms with Crippen molar-refractivity contribution < 1.29 is 32.2 Å². The maximum Gasteiger partial charge on any atom is 0.325 e. The number of hydrogen-bond donors (Lipinski definition) is 2. The number of amides is 1. The van der Waals surface area contributed by atoms with Gasteiger partial charge in [-0.3, -0.25) is 9.59 Å². The normalized spacial score (nSPS) is 15.0. The molecule has 0 fully saturated rings. The first-order valence-corrected chi connectivity index (χ1v) is 11.6. The van der Waals surface area contributed by atoms with Crippen LogP contribution in [0.2, 0.25) is 0 Å². The van der Waals surface area contributed by atoms with E-state index in [4.69, 9.17) is 14.2 Å². The van der Waals surface area contributed by atoms with E-state index in [0.717, 1.165) is 0 Å². The molecule has 1 amide bonds. The Morgan fingerprint density at radius 1 is 0.969 bits per heavy atom. The minimum Gasteiger partial charge on any atom is -0.486 e. The van der Waals surface area contributed by atoms with Gasteiger partial charge in [-0.1, -0.05) is 32.0 Å². The maximum absolute atomic E-state index is 12.7. The van der Waals surface area contributed by atoms with Crippen LogP contribution in [0.4, 0.5) is 5.69 Å². The smallest absolute Gasteiger partial charge is 0.325 e. The van der Waals surface area contributed by atoms with Crippen LogP contribution in [0, 0.1) is 5.92 Å². The van der Waals surface area contributed by atoms with Gasteiger partial charge in [0.25, 0.3) is 5.91 Å². The Balaban J connectivity index is 1.63. The van der Waals surface area contributed by atoms with E-state index < -0.39 is 40.0 Å². The summed E-state index contributed by atoms with van der Waals surface area (Å²) in [6.07, 6.45) is -1.15. The summed E-state index contributed by atoms with van der Waals surface area (Å²) in [6.45, 7) is 5.64. The first-order chi connectivity index (χ1) is 15.2. The predicted octanol–water partition coefficient (Wildman–Crippen LogP) is 2.33. The third kappa shape index (κ3) is 5.77. The molecule has 1 aliphatic rings. The largest absolute Gasteiger partial charge is 0.486 e. The fourth-order valence-corrected chi connectivity index (χ4v) is 4.31. The molecule has 2 atom stereocenters. The van der Waals surface area contributed by atoms with Crippen molar-refractivity contribution in [1.29, 1.82) is 0 Å². The van der Waals surface area contributed by atoms with Crippen molar-refractivity contribution in [1.82, 2.24) is 4.72 Å². The summed E-state index contributed by atoms with van der Waals surface area (Å²) in [5.74, 6) is -0.727. The average molecular weight is 463 g/mol. The Labute approximate surface area is 187 Å². The molecular formula is C22H26N2O7S. The van der Waals surface area contributed by atoms with E-state index in [1.54, 1.807) is 50.2 Å². The number of carbonyl (C=O) groups is 2. The molecule has 0 saturated carbocycles. The molecule has 9 nitrogen and oxygen atoms in total. The van der Waals surface area contributed by atoms with Crippen molar-refractivity contribution in [2.24, 2.45) is 5.92 Å². The highest BCUT2D eigenvalue weighted by atomic mass is 32.2. The quantitative estimate of drug-likeness (QED) is 0.578. The van der Waals surface area contributed by atoms with Gasteiger partial charge in [-0.25, -0.2) is 8.42 Å². The Morgan fingerprint density at radius 2 is 1.62 bits per heavy atom. The van der Waals surface area contributed by atoms with Crippen molar-refractivity contribution >= 4 is 27.6 Å². The van der Waals surface area contributed by atoms with E-state index in [9.17, 15) is 18.0 Å². The molecule has 1 heterocycles. The van der Waals surface area contributed by atoms with Crippen LogP contribution < -0.4 is 19.5 Å². The van der Waals surface area contributed by atoms with Crippen molar-refractivity contribution in [2.45, 2.75) is 37.8 Å². The zero-order chi connectivity index (χ0) is 23.3. The molecule has 0 saturated heterocycles. The predicted molar refractivity (Wildman–Crippen MR) is 117 cm³/mol. The van der Waals surface area contributed by atoms with E-state index in [0.29, 0.717) is 30.4 Å². The van der Waals surface area contributed by atoms with Gasteiger partial charge in [-0.05, 0) is 37.1 Å². The lowest BCUT2D eigenvalue weighted by molar-refractivity contribution is -0.155. The Kier molecular flexibility index (Phi) is 7.37. The first kappa shape index (κ1) is 23.6. The number of esters is 1. The molecule has 0 bridgehead atoms. The van der Waals surface area contributed by atoms with E-state index in [1.165, 1.54) is 19.1 Å². The van der Waals surface area contributed by atoms with Crippen LogP contribution in [0.25, 0.3) is 0 Å². The lowest BCUT2D eigenvalue weighted by atomic mass is 10.1. The monoisotopic (exact) mass is 462 g/mol. The number of sulfonamides is 1. The molecule has 1 aliphatic heterocycles. The summed E-state index contributed by atoms with van der Waals surface area (Å²) < 4.78 is 43.8. The molecule has 2 aromatic rings. The van der Waals surface area contributed by atoms with Gasteiger partial charge >= 0.3 is 5.97 Å². The molecule has 2 aromatic carbocycles. The van der Waals surface area contributed by atoms with E-state index in [2.05, 4.69) is 10.0 Å². The number of nitrogens with one attached hydrogen (secondary N) is 2. The summed E-state index contributed by atoms with van der Waals surface area (Å²) in [4.78, 5) is 25.2. The van der Waals surface area contributed by atoms with Crippen LogP contribution in [0.15, 0.2) is 53.4 Å². The molecule has 172 valence electrons. The minimum atomic E-state index is -3.94. The molecule has 0 aromatic heterocycles. The average Bonchev–Trinajstić information content (AvgIpc) is 2.77. The van der Waals surface area contributed by atoms with Gasteiger partial charge in [0, 0.05) is 11.8 Å². The van der Waals surface area contributed by atoms with Crippen molar-refractivity contribution in [2.75, 3.05) is 18.5 Å². The van der Waals surface area contributed by atoms with Crippen LogP contribution in [-0.2, 0) is 24.3 Å². The Bertz CT molecular complexity index is 1070. The summed E-state index contributed by atoms with van der Waals surface area (Å²) >= 11 is 0. The number of carbonyl (C=O) groups excluding carboxylic acids is 2. The highest BCUT2D eigenvalue weighted by Gasteiger charge is 2.32. The molecule has 2 N–H and O–H groups in total. The summed E-state index contributed by atoms with van der Waals surface area (Å²) in [5.41, 5.74) is 0.451. The topological polar surface area (TPSA) is 120 Å². The third-order valence-corrected chi connectivity index (χ3v) is 6.19. The second-order valence-corrected chi connectivity index (χ2v) is 9.30. The van der Waals surface area contributed by atoms with Gasteiger partial charge in [0.15, 0.2) is 17.6 Å². The summed E-state index contributed by atoms with van der Waals surface area (Å²) in [7, 11) is -3.94. The fourth-order valence-electron chi connectivity index (χ4n) is 2.96. The first-order valence-electron chi connectivity index (χ1n) is 10.2. The highest BCUT2D eigenvalue weighted by Crippen LogP contribution is 2.32. The standard InChI is InChI=1S/C22H26N2O7S/c1-14(2)20(24-32(27,28)17-7-5-4-6-8-17)22(26)31-15(3)21(25)23-16-9-10-18-19(13-16)30-12-11-29-18/h4-10,13-15,20,24H,11-12H2,1-3H3,(H,23,25)/t15-,20+/m1/s1. The van der Waals surface area contributed by atoms with Gasteiger partial charge < -0.3 is 19.5 Å². The zero-order valence-electron chi connectivity index (χ0n) is 18.0. The van der Waals surface area contributed by atoms with E-state index >= 15 is 0 Å². The second-order valence-electron chi connectivity index (χ2n) is 7.58. The number of benzene rings is 2. The SMILES string of the molecule is CC(C)[C@H](NS(=O)(=O)c1ccccc1)C(=O)O[C@H](C)C(=O)Nc1ccc2c(c1)OCCO2. The van der Waals surface area contributed by atoms with Crippen molar-refractivity contribution in [3.63, 3.8) is 0 Å². The van der Waals surface area contributed by atoms with Gasteiger partial charge in [0.1, 0.15) is 19.3 Å². The lowest BCUT2D eigenvalue weighted by Gasteiger charge is -2.23. The van der Waals surface area contributed by atoms with Crippen LogP contribution in [0.5, 0.6) is 11.5 Å². The number of ether oxygens (including phenoxy) is 3. The maximum atomic E-state index is 12.7. The molecule has 0 radical (unpaired) electrons. The number of hydrogen-bond acceptors (Lipinski definition) is 7. The Morgan fingerprint density at radius 3 is 2.28 bits per heavy atom. The summed E-state index contributed by atoms with van der Waals surface area (Å²) in [6, 6.07) is 11.5. The van der Waals surface area contributed by atoms with E-state index in [1.807, 2.05) is 0 Å². The summed E-state index contributed by atoms with van der Waals surface area (Å²) in [5, 5.41) is 2.65. The van der Waals surface area contributed by atoms with Gasteiger partial charge in [0.2, 0.25) is 10.0 Å². The number of anilines is 1. The van der Waals surface area contributed by atoms with Crippen LogP contribution in [-0.4, -0.2) is 45.7 Å². The van der Waals surface area contributed by atoms with Crippen LogP contribution in [0.3, 0.4) is 0 Å². The van der Waals surface area contributed by atoms with Crippen LogP contribution in [0.1, 0.15) is 20.8 Å². The van der Waals surface area contributed by atoms with Crippen molar-refractivity contribution in [3.8, 4) is 11.5 Å². The Hall–Kier alpha value is -3.11. The number of rotatable bonds is 8. The molecule has 0 spiro atoms. The highest BCUT2D eigenvalue weighted by molar-refractivity contribution is 7.89. The number of fused-ring (bicyclic) bond motifs is 1. The van der Waals surface area contributed by atoms with E-state index in [-0.39, 0.29) is 4.90 Å². The lowest BCUT2D eigenvalue weighted by Crippen LogP contribution is -2.47. The molecular weight excluding hydrogens is 436 g/mol. The fraction of sp³-hybridized carbons (Fsp3) is 0.364. The minimum absolute atomic E-state index is 0.0304. The second kappa shape index (κ2) is 10.0.